The van der Waals surface area contributed by atoms with Gasteiger partial charge in [-0.25, -0.2) is 13.4 Å². The number of piperidine rings is 1. The lowest BCUT2D eigenvalue weighted by atomic mass is 9.90. The zero-order valence-corrected chi connectivity index (χ0v) is 11.5. The monoisotopic (exact) mass is 269 g/mol. The first-order valence-electron chi connectivity index (χ1n) is 6.03. The first kappa shape index (κ1) is 13.5. The molecule has 2 heterocycles. The lowest BCUT2D eigenvalue weighted by Gasteiger charge is -2.43. The van der Waals surface area contributed by atoms with Crippen LogP contribution in [0.2, 0.25) is 0 Å². The predicted octanol–water partition coefficient (Wildman–Crippen LogP) is 0.972. The Labute approximate surface area is 108 Å². The lowest BCUT2D eigenvalue weighted by Crippen LogP contribution is -2.55. The predicted molar refractivity (Wildman–Crippen MR) is 69.4 cm³/mol. The molecule has 1 fully saturated rings. The van der Waals surface area contributed by atoms with Crippen molar-refractivity contribution < 1.29 is 8.42 Å². The highest BCUT2D eigenvalue weighted by atomic mass is 32.2. The highest BCUT2D eigenvalue weighted by Gasteiger charge is 2.41. The summed E-state index contributed by atoms with van der Waals surface area (Å²) in [6, 6.07) is 4.98. The van der Waals surface area contributed by atoms with E-state index in [-0.39, 0.29) is 11.1 Å². The van der Waals surface area contributed by atoms with Crippen LogP contribution in [0.3, 0.4) is 0 Å². The Balaban J connectivity index is 2.37. The molecule has 1 aromatic heterocycles. The summed E-state index contributed by atoms with van der Waals surface area (Å²) in [4.78, 5) is 3.95. The standard InChI is InChI=1S/C12H19N3O2S/c1-12(2)9-10(13)6-8-15(12)18(16,17)11-5-3-4-7-14-11/h3-5,7,10H,6,8-9,13H2,1-2H3. The third-order valence-electron chi connectivity index (χ3n) is 3.33. The second-order valence-electron chi connectivity index (χ2n) is 5.31. The van der Waals surface area contributed by atoms with E-state index in [4.69, 9.17) is 5.73 Å². The van der Waals surface area contributed by atoms with Crippen molar-refractivity contribution in [2.75, 3.05) is 6.54 Å². The highest BCUT2D eigenvalue weighted by molar-refractivity contribution is 7.89. The Kier molecular flexibility index (Phi) is 3.44. The molecule has 1 unspecified atom stereocenters. The molecule has 1 saturated heterocycles. The molecule has 1 atom stereocenters. The van der Waals surface area contributed by atoms with Gasteiger partial charge in [0, 0.05) is 24.3 Å². The molecule has 100 valence electrons. The van der Waals surface area contributed by atoms with Gasteiger partial charge in [-0.05, 0) is 38.8 Å². The second kappa shape index (κ2) is 4.60. The van der Waals surface area contributed by atoms with Gasteiger partial charge in [0.25, 0.3) is 10.0 Å². The fraction of sp³-hybridized carbons (Fsp3) is 0.583. The average molecular weight is 269 g/mol. The molecule has 0 radical (unpaired) electrons. The molecule has 18 heavy (non-hydrogen) atoms. The van der Waals surface area contributed by atoms with E-state index in [9.17, 15) is 8.42 Å². The van der Waals surface area contributed by atoms with E-state index in [1.165, 1.54) is 16.6 Å². The van der Waals surface area contributed by atoms with Gasteiger partial charge in [-0.2, -0.15) is 4.31 Å². The van der Waals surface area contributed by atoms with Crippen LogP contribution in [0.15, 0.2) is 29.4 Å². The molecule has 1 aliphatic rings. The van der Waals surface area contributed by atoms with Crippen molar-refractivity contribution in [2.45, 2.75) is 43.3 Å². The van der Waals surface area contributed by atoms with Gasteiger partial charge >= 0.3 is 0 Å². The van der Waals surface area contributed by atoms with Gasteiger partial charge < -0.3 is 5.73 Å². The van der Waals surface area contributed by atoms with Crippen molar-refractivity contribution in [3.8, 4) is 0 Å². The van der Waals surface area contributed by atoms with E-state index in [1.807, 2.05) is 13.8 Å². The van der Waals surface area contributed by atoms with E-state index < -0.39 is 15.6 Å². The Morgan fingerprint density at radius 2 is 2.17 bits per heavy atom. The number of hydrogen-bond donors (Lipinski definition) is 1. The maximum atomic E-state index is 12.5. The number of pyridine rings is 1. The van der Waals surface area contributed by atoms with E-state index in [1.54, 1.807) is 12.1 Å². The summed E-state index contributed by atoms with van der Waals surface area (Å²) in [7, 11) is -3.53. The molecule has 2 rings (SSSR count). The van der Waals surface area contributed by atoms with Crippen LogP contribution in [-0.4, -0.2) is 35.8 Å². The SMILES string of the molecule is CC1(C)CC(N)CCN1S(=O)(=O)c1ccccn1. The van der Waals surface area contributed by atoms with Crippen LogP contribution >= 0.6 is 0 Å². The first-order valence-corrected chi connectivity index (χ1v) is 7.47. The number of nitrogens with two attached hydrogens (primary N) is 1. The molecule has 6 heteroatoms. The average Bonchev–Trinajstić information content (AvgIpc) is 2.28. The molecule has 1 aliphatic heterocycles. The van der Waals surface area contributed by atoms with Crippen molar-refractivity contribution in [3.05, 3.63) is 24.4 Å². The largest absolute Gasteiger partial charge is 0.328 e. The quantitative estimate of drug-likeness (QED) is 0.868. The molecule has 0 aliphatic carbocycles. The van der Waals surface area contributed by atoms with Crippen LogP contribution in [-0.2, 0) is 10.0 Å². The van der Waals surface area contributed by atoms with Gasteiger partial charge in [-0.15, -0.1) is 0 Å². The van der Waals surface area contributed by atoms with Crippen LogP contribution in [0.5, 0.6) is 0 Å². The summed E-state index contributed by atoms with van der Waals surface area (Å²) in [5.74, 6) is 0. The van der Waals surface area contributed by atoms with Gasteiger partial charge in [-0.1, -0.05) is 6.07 Å². The Morgan fingerprint density at radius 1 is 1.44 bits per heavy atom. The summed E-state index contributed by atoms with van der Waals surface area (Å²) in [6.45, 7) is 4.27. The number of aromatic nitrogens is 1. The van der Waals surface area contributed by atoms with Crippen LogP contribution in [0.1, 0.15) is 26.7 Å². The van der Waals surface area contributed by atoms with Crippen molar-refractivity contribution in [1.29, 1.82) is 0 Å². The number of sulfonamides is 1. The van der Waals surface area contributed by atoms with E-state index in [0.29, 0.717) is 19.4 Å². The van der Waals surface area contributed by atoms with Gasteiger partial charge in [0.15, 0.2) is 5.03 Å². The maximum Gasteiger partial charge on any atom is 0.261 e. The van der Waals surface area contributed by atoms with E-state index in [0.717, 1.165) is 0 Å². The molecule has 0 amide bonds. The van der Waals surface area contributed by atoms with Crippen LogP contribution in [0, 0.1) is 0 Å². The molecule has 0 aromatic carbocycles. The highest BCUT2D eigenvalue weighted by Crippen LogP contribution is 2.31. The summed E-state index contributed by atoms with van der Waals surface area (Å²) in [5, 5.41) is 0.105. The van der Waals surface area contributed by atoms with Gasteiger partial charge in [0.1, 0.15) is 0 Å². The molecule has 0 bridgehead atoms. The number of hydrogen-bond acceptors (Lipinski definition) is 4. The molecular formula is C12H19N3O2S. The Morgan fingerprint density at radius 3 is 2.72 bits per heavy atom. The smallest absolute Gasteiger partial charge is 0.261 e. The van der Waals surface area contributed by atoms with Crippen molar-refractivity contribution in [1.82, 2.24) is 9.29 Å². The zero-order valence-electron chi connectivity index (χ0n) is 10.7. The van der Waals surface area contributed by atoms with E-state index in [2.05, 4.69) is 4.98 Å². The Bertz CT molecular complexity index is 513. The number of nitrogens with zero attached hydrogens (tertiary/aromatic N) is 2. The summed E-state index contributed by atoms with van der Waals surface area (Å²) in [5.41, 5.74) is 5.45. The van der Waals surface area contributed by atoms with Crippen LogP contribution in [0.4, 0.5) is 0 Å². The van der Waals surface area contributed by atoms with Crippen LogP contribution in [0.25, 0.3) is 0 Å². The minimum Gasteiger partial charge on any atom is -0.328 e. The molecule has 5 nitrogen and oxygen atoms in total. The normalized spacial score (nSPS) is 24.9. The van der Waals surface area contributed by atoms with E-state index >= 15 is 0 Å². The van der Waals surface area contributed by atoms with Crippen molar-refractivity contribution >= 4 is 10.0 Å². The van der Waals surface area contributed by atoms with Gasteiger partial charge in [0.05, 0.1) is 0 Å². The molecule has 1 aromatic rings. The second-order valence-corrected chi connectivity index (χ2v) is 7.12. The third-order valence-corrected chi connectivity index (χ3v) is 5.36. The Hall–Kier alpha value is -0.980. The molecular weight excluding hydrogens is 250 g/mol. The summed E-state index contributed by atoms with van der Waals surface area (Å²) in [6.07, 6.45) is 2.85. The molecule has 0 spiro atoms. The minimum atomic E-state index is -3.53. The zero-order chi connectivity index (χ0) is 13.4. The minimum absolute atomic E-state index is 0.0650. The fourth-order valence-electron chi connectivity index (χ4n) is 2.49. The van der Waals surface area contributed by atoms with Crippen LogP contribution < -0.4 is 5.73 Å². The number of rotatable bonds is 2. The third kappa shape index (κ3) is 2.41. The topological polar surface area (TPSA) is 76.3 Å². The van der Waals surface area contributed by atoms with Crippen molar-refractivity contribution in [2.24, 2.45) is 5.73 Å². The maximum absolute atomic E-state index is 12.5. The van der Waals surface area contributed by atoms with Crippen molar-refractivity contribution in [3.63, 3.8) is 0 Å². The first-order chi connectivity index (χ1) is 8.34. The fourth-order valence-corrected chi connectivity index (χ4v) is 4.23. The summed E-state index contributed by atoms with van der Waals surface area (Å²) < 4.78 is 26.6. The lowest BCUT2D eigenvalue weighted by molar-refractivity contribution is 0.154. The van der Waals surface area contributed by atoms with Gasteiger partial charge in [0.2, 0.25) is 0 Å². The molecule has 0 saturated carbocycles. The molecule has 2 N–H and O–H groups in total. The van der Waals surface area contributed by atoms with Gasteiger partial charge in [-0.3, -0.25) is 0 Å². The summed E-state index contributed by atoms with van der Waals surface area (Å²) >= 11 is 0.